The standard InChI is InChI=1S/C9H18N2O/c1-7(2)4-9(6-12)11-8(3)5-10/h7-9,11-12H,4,6H2,1-3H3. The van der Waals surface area contributed by atoms with E-state index in [1.807, 2.05) is 0 Å². The molecule has 0 aliphatic carbocycles. The van der Waals surface area contributed by atoms with Crippen LogP contribution >= 0.6 is 0 Å². The van der Waals surface area contributed by atoms with E-state index in [0.29, 0.717) is 5.92 Å². The molecule has 0 aliphatic rings. The first-order chi connectivity index (χ1) is 5.60. The van der Waals surface area contributed by atoms with Crippen LogP contribution in [-0.2, 0) is 0 Å². The zero-order valence-corrected chi connectivity index (χ0v) is 8.04. The first kappa shape index (κ1) is 11.4. The van der Waals surface area contributed by atoms with Crippen molar-refractivity contribution in [3.63, 3.8) is 0 Å². The van der Waals surface area contributed by atoms with Gasteiger partial charge in [-0.15, -0.1) is 0 Å². The molecule has 0 aromatic rings. The third-order valence-electron chi connectivity index (χ3n) is 1.66. The van der Waals surface area contributed by atoms with E-state index in [1.54, 1.807) is 6.92 Å². The lowest BCUT2D eigenvalue weighted by Gasteiger charge is -2.19. The Morgan fingerprint density at radius 2 is 2.00 bits per heavy atom. The molecule has 0 aromatic heterocycles. The molecule has 2 unspecified atom stereocenters. The van der Waals surface area contributed by atoms with Gasteiger partial charge in [0.05, 0.1) is 18.7 Å². The Balaban J connectivity index is 3.76. The minimum Gasteiger partial charge on any atom is -0.395 e. The summed E-state index contributed by atoms with van der Waals surface area (Å²) in [4.78, 5) is 0. The lowest BCUT2D eigenvalue weighted by atomic mass is 10.0. The first-order valence-corrected chi connectivity index (χ1v) is 4.36. The molecule has 0 saturated carbocycles. The van der Waals surface area contributed by atoms with Crippen molar-refractivity contribution in [1.29, 1.82) is 5.26 Å². The topological polar surface area (TPSA) is 56.0 Å². The van der Waals surface area contributed by atoms with Crippen molar-refractivity contribution in [2.45, 2.75) is 39.3 Å². The van der Waals surface area contributed by atoms with Gasteiger partial charge in [0.2, 0.25) is 0 Å². The molecular formula is C9H18N2O. The van der Waals surface area contributed by atoms with Gasteiger partial charge in [0.15, 0.2) is 0 Å². The lowest BCUT2D eigenvalue weighted by Crippen LogP contribution is -2.39. The van der Waals surface area contributed by atoms with Crippen LogP contribution < -0.4 is 5.32 Å². The van der Waals surface area contributed by atoms with Crippen molar-refractivity contribution in [2.24, 2.45) is 5.92 Å². The zero-order chi connectivity index (χ0) is 9.56. The number of nitrogens with one attached hydrogen (secondary N) is 1. The van der Waals surface area contributed by atoms with Crippen LogP contribution in [-0.4, -0.2) is 23.8 Å². The van der Waals surface area contributed by atoms with Crippen molar-refractivity contribution >= 4 is 0 Å². The molecule has 0 heterocycles. The van der Waals surface area contributed by atoms with Crippen LogP contribution in [0.15, 0.2) is 0 Å². The predicted molar refractivity (Wildman–Crippen MR) is 48.5 cm³/mol. The van der Waals surface area contributed by atoms with Crippen molar-refractivity contribution in [3.8, 4) is 6.07 Å². The fourth-order valence-electron chi connectivity index (χ4n) is 1.16. The maximum absolute atomic E-state index is 8.95. The van der Waals surface area contributed by atoms with Crippen molar-refractivity contribution < 1.29 is 5.11 Å². The summed E-state index contributed by atoms with van der Waals surface area (Å²) in [6, 6.07) is 1.96. The summed E-state index contributed by atoms with van der Waals surface area (Å²) in [7, 11) is 0. The van der Waals surface area contributed by atoms with Gasteiger partial charge in [-0.1, -0.05) is 13.8 Å². The van der Waals surface area contributed by atoms with Gasteiger partial charge in [0.25, 0.3) is 0 Å². The Morgan fingerprint density at radius 1 is 1.42 bits per heavy atom. The lowest BCUT2D eigenvalue weighted by molar-refractivity contribution is 0.221. The summed E-state index contributed by atoms with van der Waals surface area (Å²) >= 11 is 0. The molecule has 12 heavy (non-hydrogen) atoms. The average molecular weight is 170 g/mol. The molecular weight excluding hydrogens is 152 g/mol. The molecule has 3 nitrogen and oxygen atoms in total. The van der Waals surface area contributed by atoms with Crippen LogP contribution in [0, 0.1) is 17.2 Å². The van der Waals surface area contributed by atoms with Gasteiger partial charge < -0.3 is 5.11 Å². The normalized spacial score (nSPS) is 15.7. The molecule has 0 aliphatic heterocycles. The zero-order valence-electron chi connectivity index (χ0n) is 8.04. The van der Waals surface area contributed by atoms with Gasteiger partial charge in [-0.25, -0.2) is 0 Å². The van der Waals surface area contributed by atoms with Gasteiger partial charge in [-0.05, 0) is 19.3 Å². The largest absolute Gasteiger partial charge is 0.395 e. The monoisotopic (exact) mass is 170 g/mol. The molecule has 0 aromatic carbocycles. The highest BCUT2D eigenvalue weighted by Crippen LogP contribution is 2.04. The van der Waals surface area contributed by atoms with E-state index in [9.17, 15) is 0 Å². The Labute approximate surface area is 74.4 Å². The molecule has 70 valence electrons. The fraction of sp³-hybridized carbons (Fsp3) is 0.889. The predicted octanol–water partition coefficient (Wildman–Crippen LogP) is 0.895. The van der Waals surface area contributed by atoms with Crippen molar-refractivity contribution in [3.05, 3.63) is 0 Å². The van der Waals surface area contributed by atoms with Gasteiger partial charge in [0, 0.05) is 6.04 Å². The Kier molecular flexibility index (Phi) is 5.69. The third-order valence-corrected chi connectivity index (χ3v) is 1.66. The summed E-state index contributed by atoms with van der Waals surface area (Å²) in [5, 5.41) is 20.5. The van der Waals surface area contributed by atoms with Crippen LogP contribution in [0.3, 0.4) is 0 Å². The molecule has 3 heteroatoms. The first-order valence-electron chi connectivity index (χ1n) is 4.36. The smallest absolute Gasteiger partial charge is 0.0927 e. The minimum absolute atomic E-state index is 0.0552. The van der Waals surface area contributed by atoms with Crippen LogP contribution in [0.2, 0.25) is 0 Å². The van der Waals surface area contributed by atoms with Crippen LogP contribution in [0.1, 0.15) is 27.2 Å². The molecule has 0 spiro atoms. The molecule has 2 N–H and O–H groups in total. The highest BCUT2D eigenvalue weighted by molar-refractivity contribution is 4.88. The molecule has 0 rings (SSSR count). The second-order valence-corrected chi connectivity index (χ2v) is 3.53. The van der Waals surface area contributed by atoms with E-state index in [-0.39, 0.29) is 18.7 Å². The summed E-state index contributed by atoms with van der Waals surface area (Å²) < 4.78 is 0. The molecule has 0 saturated heterocycles. The molecule has 0 fully saturated rings. The van der Waals surface area contributed by atoms with E-state index in [2.05, 4.69) is 25.2 Å². The molecule has 2 atom stereocenters. The fourth-order valence-corrected chi connectivity index (χ4v) is 1.16. The van der Waals surface area contributed by atoms with Crippen LogP contribution in [0.25, 0.3) is 0 Å². The minimum atomic E-state index is -0.180. The number of hydrogen-bond donors (Lipinski definition) is 2. The SMILES string of the molecule is CC(C)CC(CO)NC(C)C#N. The average Bonchev–Trinajstić information content (AvgIpc) is 2.02. The maximum atomic E-state index is 8.95. The Morgan fingerprint density at radius 3 is 2.33 bits per heavy atom. The second kappa shape index (κ2) is 5.99. The number of aliphatic hydroxyl groups excluding tert-OH is 1. The molecule has 0 radical (unpaired) electrons. The number of aliphatic hydroxyl groups is 1. The number of hydrogen-bond acceptors (Lipinski definition) is 3. The van der Waals surface area contributed by atoms with Crippen LogP contribution in [0.5, 0.6) is 0 Å². The van der Waals surface area contributed by atoms with Crippen molar-refractivity contribution in [1.82, 2.24) is 5.32 Å². The van der Waals surface area contributed by atoms with Crippen LogP contribution in [0.4, 0.5) is 0 Å². The summed E-state index contributed by atoms with van der Waals surface area (Å²) in [6.45, 7) is 6.09. The summed E-state index contributed by atoms with van der Waals surface area (Å²) in [5.74, 6) is 0.542. The maximum Gasteiger partial charge on any atom is 0.0927 e. The summed E-state index contributed by atoms with van der Waals surface area (Å²) in [6.07, 6.45) is 0.905. The van der Waals surface area contributed by atoms with E-state index < -0.39 is 0 Å². The van der Waals surface area contributed by atoms with Gasteiger partial charge in [-0.2, -0.15) is 5.26 Å². The second-order valence-electron chi connectivity index (χ2n) is 3.53. The Bertz CT molecular complexity index is 151. The van der Waals surface area contributed by atoms with E-state index in [4.69, 9.17) is 10.4 Å². The number of rotatable bonds is 5. The Hall–Kier alpha value is -0.590. The highest BCUT2D eigenvalue weighted by atomic mass is 16.3. The van der Waals surface area contributed by atoms with Gasteiger partial charge >= 0.3 is 0 Å². The number of nitriles is 1. The van der Waals surface area contributed by atoms with E-state index >= 15 is 0 Å². The third kappa shape index (κ3) is 5.11. The quantitative estimate of drug-likeness (QED) is 0.644. The van der Waals surface area contributed by atoms with E-state index in [1.165, 1.54) is 0 Å². The van der Waals surface area contributed by atoms with Crippen molar-refractivity contribution in [2.75, 3.05) is 6.61 Å². The summed E-state index contributed by atoms with van der Waals surface area (Å²) in [5.41, 5.74) is 0. The van der Waals surface area contributed by atoms with E-state index in [0.717, 1.165) is 6.42 Å². The number of nitrogens with zero attached hydrogens (tertiary/aromatic N) is 1. The highest BCUT2D eigenvalue weighted by Gasteiger charge is 2.11. The van der Waals surface area contributed by atoms with Gasteiger partial charge in [0.1, 0.15) is 0 Å². The molecule has 0 bridgehead atoms. The van der Waals surface area contributed by atoms with Gasteiger partial charge in [-0.3, -0.25) is 5.32 Å². The molecule has 0 amide bonds.